The zero-order chi connectivity index (χ0) is 20.6. The first-order chi connectivity index (χ1) is 14.7. The third kappa shape index (κ3) is 3.50. The summed E-state index contributed by atoms with van der Waals surface area (Å²) < 4.78 is 13.6. The molecule has 2 saturated heterocycles. The van der Waals surface area contributed by atoms with Gasteiger partial charge in [0, 0.05) is 38.4 Å². The fourth-order valence-electron chi connectivity index (χ4n) is 5.17. The number of likely N-dealkylation sites (tertiary alicyclic amines) is 2. The highest BCUT2D eigenvalue weighted by atomic mass is 16.6. The van der Waals surface area contributed by atoms with E-state index in [0.29, 0.717) is 12.6 Å². The Morgan fingerprint density at radius 2 is 2.03 bits per heavy atom. The smallest absolute Gasteiger partial charge is 0.409 e. The lowest BCUT2D eigenvalue weighted by molar-refractivity contribution is -0.105. The molecule has 0 radical (unpaired) electrons. The summed E-state index contributed by atoms with van der Waals surface area (Å²) in [6, 6.07) is 10.7. The summed E-state index contributed by atoms with van der Waals surface area (Å²) in [6.07, 6.45) is 5.82. The number of rotatable bonds is 3. The number of aromatic nitrogens is 2. The van der Waals surface area contributed by atoms with Crippen molar-refractivity contribution in [2.45, 2.75) is 44.2 Å². The summed E-state index contributed by atoms with van der Waals surface area (Å²) in [5.41, 5.74) is 3.25. The van der Waals surface area contributed by atoms with Crippen LogP contribution in [0.1, 0.15) is 37.4 Å². The molecule has 0 saturated carbocycles. The lowest BCUT2D eigenvalue weighted by atomic mass is 9.83. The van der Waals surface area contributed by atoms with Gasteiger partial charge in [-0.2, -0.15) is 5.10 Å². The van der Waals surface area contributed by atoms with E-state index in [1.165, 1.54) is 5.56 Å². The zero-order valence-corrected chi connectivity index (χ0v) is 17.6. The number of carbonyl (C=O) groups excluding carboxylic acids is 1. The van der Waals surface area contributed by atoms with E-state index in [4.69, 9.17) is 14.6 Å². The summed E-state index contributed by atoms with van der Waals surface area (Å²) in [4.78, 5) is 16.4. The maximum absolute atomic E-state index is 12.0. The highest BCUT2D eigenvalue weighted by Crippen LogP contribution is 2.41. The molecule has 2 aromatic rings. The van der Waals surface area contributed by atoms with E-state index in [1.807, 2.05) is 34.7 Å². The third-order valence-electron chi connectivity index (χ3n) is 6.80. The molecule has 160 valence electrons. The van der Waals surface area contributed by atoms with Gasteiger partial charge < -0.3 is 14.4 Å². The molecule has 1 amide bonds. The first-order valence-electron chi connectivity index (χ1n) is 11.1. The van der Waals surface area contributed by atoms with Gasteiger partial charge in [-0.05, 0) is 50.3 Å². The molecule has 3 aliphatic heterocycles. The van der Waals surface area contributed by atoms with Gasteiger partial charge in [0.05, 0.1) is 24.6 Å². The van der Waals surface area contributed by atoms with Gasteiger partial charge in [-0.1, -0.05) is 18.2 Å². The van der Waals surface area contributed by atoms with Crippen molar-refractivity contribution in [2.24, 2.45) is 0 Å². The predicted molar refractivity (Wildman–Crippen MR) is 113 cm³/mol. The third-order valence-corrected chi connectivity index (χ3v) is 6.80. The number of hydrogen-bond acceptors (Lipinski definition) is 5. The first-order valence-corrected chi connectivity index (χ1v) is 11.1. The van der Waals surface area contributed by atoms with Crippen LogP contribution in [0, 0.1) is 0 Å². The van der Waals surface area contributed by atoms with Gasteiger partial charge in [0.25, 0.3) is 0 Å². The Hall–Kier alpha value is -2.38. The van der Waals surface area contributed by atoms with Crippen molar-refractivity contribution in [1.29, 1.82) is 0 Å². The molecule has 5 rings (SSSR count). The summed E-state index contributed by atoms with van der Waals surface area (Å²) in [6.45, 7) is 6.54. The number of amides is 1. The van der Waals surface area contributed by atoms with Gasteiger partial charge in [0.2, 0.25) is 0 Å². The monoisotopic (exact) mass is 410 g/mol. The fourth-order valence-corrected chi connectivity index (χ4v) is 5.17. The van der Waals surface area contributed by atoms with E-state index in [0.717, 1.165) is 69.9 Å². The molecular formula is C23H30N4O3. The SMILES string of the molecule is CCOC(=O)N1CCC(N2CCC3(CC2)OCCc2cn(-c4ccccc4)nc23)C1. The Balaban J connectivity index is 1.28. The van der Waals surface area contributed by atoms with E-state index in [2.05, 4.69) is 23.2 Å². The predicted octanol–water partition coefficient (Wildman–Crippen LogP) is 2.97. The van der Waals surface area contributed by atoms with Crippen molar-refractivity contribution >= 4 is 6.09 Å². The standard InChI is InChI=1S/C23H30N4O3/c1-2-29-22(28)26-12-8-20(17-26)25-13-10-23(11-14-25)21-18(9-15-30-23)16-27(24-21)19-6-4-3-5-7-19/h3-7,16,20H,2,8-15,17H2,1H3. The van der Waals surface area contributed by atoms with Crippen LogP contribution in [0.5, 0.6) is 0 Å². The first kappa shape index (κ1) is 19.6. The molecule has 2 fully saturated rings. The Bertz CT molecular complexity index is 889. The number of hydrogen-bond donors (Lipinski definition) is 0. The largest absolute Gasteiger partial charge is 0.450 e. The molecule has 1 aromatic carbocycles. The van der Waals surface area contributed by atoms with E-state index < -0.39 is 0 Å². The van der Waals surface area contributed by atoms with Crippen LogP contribution in [-0.2, 0) is 21.5 Å². The fraction of sp³-hybridized carbons (Fsp3) is 0.565. The molecule has 7 nitrogen and oxygen atoms in total. The van der Waals surface area contributed by atoms with Crippen LogP contribution in [-0.4, -0.2) is 71.1 Å². The summed E-state index contributed by atoms with van der Waals surface area (Å²) in [7, 11) is 0. The van der Waals surface area contributed by atoms with Crippen molar-refractivity contribution in [3.05, 3.63) is 47.8 Å². The zero-order valence-electron chi connectivity index (χ0n) is 17.6. The quantitative estimate of drug-likeness (QED) is 0.779. The Labute approximate surface area is 177 Å². The number of carbonyl (C=O) groups is 1. The highest BCUT2D eigenvalue weighted by Gasteiger charge is 2.45. The molecule has 1 spiro atoms. The van der Waals surface area contributed by atoms with Crippen molar-refractivity contribution in [2.75, 3.05) is 39.4 Å². The van der Waals surface area contributed by atoms with Crippen LogP contribution in [0.4, 0.5) is 4.79 Å². The van der Waals surface area contributed by atoms with Gasteiger partial charge in [-0.15, -0.1) is 0 Å². The Morgan fingerprint density at radius 1 is 1.23 bits per heavy atom. The number of ether oxygens (including phenoxy) is 2. The minimum atomic E-state index is -0.274. The van der Waals surface area contributed by atoms with Crippen LogP contribution in [0.25, 0.3) is 5.69 Å². The lowest BCUT2D eigenvalue weighted by Crippen LogP contribution is -2.50. The van der Waals surface area contributed by atoms with Gasteiger partial charge in [0.15, 0.2) is 0 Å². The summed E-state index contributed by atoms with van der Waals surface area (Å²) in [5.74, 6) is 0. The van der Waals surface area contributed by atoms with Crippen LogP contribution in [0.2, 0.25) is 0 Å². The molecular weight excluding hydrogens is 380 g/mol. The van der Waals surface area contributed by atoms with Crippen LogP contribution >= 0.6 is 0 Å². The Morgan fingerprint density at radius 3 is 2.80 bits per heavy atom. The van der Waals surface area contributed by atoms with Crippen LogP contribution in [0.3, 0.4) is 0 Å². The normalized spacial score (nSPS) is 23.5. The van der Waals surface area contributed by atoms with E-state index in [-0.39, 0.29) is 11.7 Å². The average molecular weight is 411 g/mol. The number of piperidine rings is 1. The van der Waals surface area contributed by atoms with Crippen molar-refractivity contribution < 1.29 is 14.3 Å². The van der Waals surface area contributed by atoms with Gasteiger partial charge in [-0.25, -0.2) is 9.48 Å². The highest BCUT2D eigenvalue weighted by molar-refractivity contribution is 5.68. The van der Waals surface area contributed by atoms with E-state index in [1.54, 1.807) is 0 Å². The van der Waals surface area contributed by atoms with Crippen molar-refractivity contribution in [1.82, 2.24) is 19.6 Å². The second-order valence-corrected chi connectivity index (χ2v) is 8.50. The second-order valence-electron chi connectivity index (χ2n) is 8.50. The average Bonchev–Trinajstić information content (AvgIpc) is 3.44. The maximum atomic E-state index is 12.0. The molecule has 3 aliphatic rings. The van der Waals surface area contributed by atoms with E-state index in [9.17, 15) is 4.79 Å². The molecule has 0 N–H and O–H groups in total. The van der Waals surface area contributed by atoms with Gasteiger partial charge in [-0.3, -0.25) is 4.90 Å². The molecule has 0 bridgehead atoms. The summed E-state index contributed by atoms with van der Waals surface area (Å²) >= 11 is 0. The molecule has 0 aliphatic carbocycles. The number of benzene rings is 1. The van der Waals surface area contributed by atoms with Crippen LogP contribution in [0.15, 0.2) is 36.5 Å². The van der Waals surface area contributed by atoms with Gasteiger partial charge in [0.1, 0.15) is 5.60 Å². The van der Waals surface area contributed by atoms with Gasteiger partial charge >= 0.3 is 6.09 Å². The molecule has 1 atom stereocenters. The minimum absolute atomic E-state index is 0.180. The molecule has 4 heterocycles. The number of para-hydroxylation sites is 1. The van der Waals surface area contributed by atoms with Crippen LogP contribution < -0.4 is 0 Å². The number of fused-ring (bicyclic) bond motifs is 2. The number of nitrogens with zero attached hydrogens (tertiary/aromatic N) is 4. The summed E-state index contributed by atoms with van der Waals surface area (Å²) in [5, 5.41) is 4.98. The second kappa shape index (κ2) is 8.04. The topological polar surface area (TPSA) is 59.8 Å². The minimum Gasteiger partial charge on any atom is -0.450 e. The lowest BCUT2D eigenvalue weighted by Gasteiger charge is -2.44. The molecule has 7 heteroatoms. The van der Waals surface area contributed by atoms with Crippen molar-refractivity contribution in [3.63, 3.8) is 0 Å². The molecule has 1 aromatic heterocycles. The van der Waals surface area contributed by atoms with E-state index >= 15 is 0 Å². The van der Waals surface area contributed by atoms with Crippen molar-refractivity contribution in [3.8, 4) is 5.69 Å². The molecule has 30 heavy (non-hydrogen) atoms. The Kier molecular flexibility index (Phi) is 5.25. The molecule has 1 unspecified atom stereocenters. The maximum Gasteiger partial charge on any atom is 0.409 e.